The number of nitrogens with one attached hydrogen (secondary N) is 1. The summed E-state index contributed by atoms with van der Waals surface area (Å²) in [5.74, 6) is -0.301. The molecule has 0 aliphatic rings. The molecule has 0 aliphatic carbocycles. The Morgan fingerprint density at radius 3 is 1.91 bits per heavy atom. The number of carbonyl (C=O) groups excluding carboxylic acids is 2. The van der Waals surface area contributed by atoms with Gasteiger partial charge < -0.3 is 14.8 Å². The minimum absolute atomic E-state index is 0.123. The molecule has 0 saturated heterocycles. The van der Waals surface area contributed by atoms with Crippen molar-refractivity contribution in [3.05, 3.63) is 12.2 Å². The van der Waals surface area contributed by atoms with Crippen LogP contribution in [0, 0.1) is 17.8 Å². The summed E-state index contributed by atoms with van der Waals surface area (Å²) in [6, 6.07) is -0.208. The second-order valence-corrected chi connectivity index (χ2v) is 7.09. The fraction of sp³-hybridized carbons (Fsp3) is 0.765. The fourth-order valence-electron chi connectivity index (χ4n) is 1.83. The first-order valence-corrected chi connectivity index (χ1v) is 7.73. The van der Waals surface area contributed by atoms with E-state index in [1.165, 1.54) is 7.11 Å². The lowest BCUT2D eigenvalue weighted by Gasteiger charge is -2.24. The van der Waals surface area contributed by atoms with Crippen molar-refractivity contribution in [3.8, 4) is 0 Å². The lowest BCUT2D eigenvalue weighted by atomic mass is 9.93. The van der Waals surface area contributed by atoms with Crippen LogP contribution in [-0.2, 0) is 14.3 Å². The Morgan fingerprint density at radius 2 is 1.55 bits per heavy atom. The average Bonchev–Trinajstić information content (AvgIpc) is 2.34. The number of amides is 1. The Bertz CT molecular complexity index is 394. The van der Waals surface area contributed by atoms with Crippen LogP contribution in [0.5, 0.6) is 0 Å². The van der Waals surface area contributed by atoms with Crippen molar-refractivity contribution in [2.24, 2.45) is 17.8 Å². The van der Waals surface area contributed by atoms with Gasteiger partial charge in [0.15, 0.2) is 0 Å². The first-order chi connectivity index (χ1) is 9.97. The zero-order chi connectivity index (χ0) is 17.5. The van der Waals surface area contributed by atoms with E-state index in [-0.39, 0.29) is 29.8 Å². The van der Waals surface area contributed by atoms with Gasteiger partial charge in [-0.25, -0.2) is 4.79 Å². The molecule has 128 valence electrons. The summed E-state index contributed by atoms with van der Waals surface area (Å²) in [6.45, 7) is 13.4. The van der Waals surface area contributed by atoms with E-state index in [0.29, 0.717) is 0 Å². The largest absolute Gasteiger partial charge is 0.469 e. The Balaban J connectivity index is 4.93. The maximum absolute atomic E-state index is 11.9. The fourth-order valence-corrected chi connectivity index (χ4v) is 1.83. The molecule has 0 bridgehead atoms. The molecule has 0 aromatic heterocycles. The number of rotatable bonds is 6. The normalized spacial score (nSPS) is 15.0. The molecule has 0 saturated carbocycles. The number of hydrogen-bond acceptors (Lipinski definition) is 4. The van der Waals surface area contributed by atoms with Gasteiger partial charge in [0.25, 0.3) is 0 Å². The van der Waals surface area contributed by atoms with E-state index in [9.17, 15) is 9.59 Å². The molecule has 0 fully saturated rings. The SMILES string of the molecule is COC(=O)[C@@H](/C=C/[C@@H](NC(=O)OC(C)(C)C)C(C)C)C(C)C. The molecular weight excluding hydrogens is 282 g/mol. The predicted octanol–water partition coefficient (Wildman–Crippen LogP) is 3.54. The number of alkyl carbamates (subject to hydrolysis) is 1. The third-order valence-electron chi connectivity index (χ3n) is 3.12. The van der Waals surface area contributed by atoms with Crippen molar-refractivity contribution in [1.82, 2.24) is 5.32 Å². The molecule has 0 heterocycles. The van der Waals surface area contributed by atoms with Crippen LogP contribution in [0.2, 0.25) is 0 Å². The van der Waals surface area contributed by atoms with E-state index in [0.717, 1.165) is 0 Å². The molecule has 2 atom stereocenters. The van der Waals surface area contributed by atoms with Crippen molar-refractivity contribution < 1.29 is 19.1 Å². The lowest BCUT2D eigenvalue weighted by Crippen LogP contribution is -2.40. The van der Waals surface area contributed by atoms with Gasteiger partial charge in [0.2, 0.25) is 0 Å². The van der Waals surface area contributed by atoms with E-state index in [1.807, 2.05) is 54.5 Å². The summed E-state index contributed by atoms with van der Waals surface area (Å²) in [5.41, 5.74) is -0.540. The maximum atomic E-state index is 11.9. The smallest absolute Gasteiger partial charge is 0.408 e. The highest BCUT2D eigenvalue weighted by molar-refractivity contribution is 5.74. The first kappa shape index (κ1) is 20.5. The molecule has 22 heavy (non-hydrogen) atoms. The van der Waals surface area contributed by atoms with Crippen LogP contribution in [0.25, 0.3) is 0 Å². The lowest BCUT2D eigenvalue weighted by molar-refractivity contribution is -0.145. The molecule has 0 aromatic rings. The molecule has 0 radical (unpaired) electrons. The van der Waals surface area contributed by atoms with Gasteiger partial charge in [-0.05, 0) is 32.6 Å². The highest BCUT2D eigenvalue weighted by Gasteiger charge is 2.23. The van der Waals surface area contributed by atoms with Crippen LogP contribution in [0.15, 0.2) is 12.2 Å². The van der Waals surface area contributed by atoms with Crippen molar-refractivity contribution in [2.45, 2.75) is 60.1 Å². The van der Waals surface area contributed by atoms with Gasteiger partial charge in [-0.3, -0.25) is 4.79 Å². The van der Waals surface area contributed by atoms with Gasteiger partial charge in [0.05, 0.1) is 19.1 Å². The molecular formula is C17H31NO4. The summed E-state index contributed by atoms with van der Waals surface area (Å²) < 4.78 is 10.1. The standard InChI is InChI=1S/C17H31NO4/c1-11(2)13(15(19)21-8)9-10-14(12(3)4)18-16(20)22-17(5,6)7/h9-14H,1-8H3,(H,18,20)/b10-9+/t13-,14+/m0/s1. The van der Waals surface area contributed by atoms with Crippen LogP contribution in [-0.4, -0.2) is 30.8 Å². The second-order valence-electron chi connectivity index (χ2n) is 7.09. The number of carbonyl (C=O) groups is 2. The van der Waals surface area contributed by atoms with E-state index >= 15 is 0 Å². The van der Waals surface area contributed by atoms with E-state index in [4.69, 9.17) is 9.47 Å². The molecule has 1 N–H and O–H groups in total. The summed E-state index contributed by atoms with van der Waals surface area (Å²) in [6.07, 6.45) is 3.18. The summed E-state index contributed by atoms with van der Waals surface area (Å²) in [4.78, 5) is 23.6. The molecule has 1 amide bonds. The van der Waals surface area contributed by atoms with E-state index in [1.54, 1.807) is 6.08 Å². The number of esters is 1. The van der Waals surface area contributed by atoms with Crippen molar-refractivity contribution in [3.63, 3.8) is 0 Å². The zero-order valence-electron chi connectivity index (χ0n) is 15.1. The van der Waals surface area contributed by atoms with Crippen LogP contribution in [0.1, 0.15) is 48.5 Å². The quantitative estimate of drug-likeness (QED) is 0.602. The van der Waals surface area contributed by atoms with Gasteiger partial charge in [-0.15, -0.1) is 0 Å². The summed E-state index contributed by atoms with van der Waals surface area (Å²) >= 11 is 0. The average molecular weight is 313 g/mol. The Labute approximate surface area is 134 Å². The molecule has 0 aliphatic heterocycles. The number of ether oxygens (including phenoxy) is 2. The Hall–Kier alpha value is -1.52. The van der Waals surface area contributed by atoms with Gasteiger partial charge >= 0.3 is 12.1 Å². The van der Waals surface area contributed by atoms with Gasteiger partial charge in [0, 0.05) is 0 Å². The molecule has 0 spiro atoms. The third-order valence-corrected chi connectivity index (χ3v) is 3.12. The highest BCUT2D eigenvalue weighted by Crippen LogP contribution is 2.16. The number of methoxy groups -OCH3 is 1. The first-order valence-electron chi connectivity index (χ1n) is 7.73. The van der Waals surface area contributed by atoms with Gasteiger partial charge in [-0.2, -0.15) is 0 Å². The monoisotopic (exact) mass is 313 g/mol. The minimum atomic E-state index is -0.540. The molecule has 0 unspecified atom stereocenters. The third kappa shape index (κ3) is 8.05. The van der Waals surface area contributed by atoms with Gasteiger partial charge in [-0.1, -0.05) is 39.8 Å². The predicted molar refractivity (Wildman–Crippen MR) is 87.5 cm³/mol. The highest BCUT2D eigenvalue weighted by atomic mass is 16.6. The van der Waals surface area contributed by atoms with E-state index in [2.05, 4.69) is 5.32 Å². The molecule has 0 aromatic carbocycles. The molecule has 5 heteroatoms. The Kier molecular flexibility index (Phi) is 8.20. The van der Waals surface area contributed by atoms with Crippen molar-refractivity contribution >= 4 is 12.1 Å². The van der Waals surface area contributed by atoms with Crippen LogP contribution in [0.4, 0.5) is 4.79 Å². The molecule has 0 rings (SSSR count). The van der Waals surface area contributed by atoms with E-state index < -0.39 is 11.7 Å². The summed E-state index contributed by atoms with van der Waals surface area (Å²) in [7, 11) is 1.38. The Morgan fingerprint density at radius 1 is 1.00 bits per heavy atom. The van der Waals surface area contributed by atoms with Crippen LogP contribution >= 0.6 is 0 Å². The second kappa shape index (κ2) is 8.81. The maximum Gasteiger partial charge on any atom is 0.408 e. The number of hydrogen-bond donors (Lipinski definition) is 1. The summed E-state index contributed by atoms with van der Waals surface area (Å²) in [5, 5.41) is 2.82. The molecule has 5 nitrogen and oxygen atoms in total. The van der Waals surface area contributed by atoms with Crippen LogP contribution in [0.3, 0.4) is 0 Å². The van der Waals surface area contributed by atoms with Gasteiger partial charge in [0.1, 0.15) is 5.60 Å². The van der Waals surface area contributed by atoms with Crippen molar-refractivity contribution in [2.75, 3.05) is 7.11 Å². The minimum Gasteiger partial charge on any atom is -0.469 e. The zero-order valence-corrected chi connectivity index (χ0v) is 15.1. The van der Waals surface area contributed by atoms with Crippen LogP contribution < -0.4 is 5.32 Å². The van der Waals surface area contributed by atoms with Crippen molar-refractivity contribution in [1.29, 1.82) is 0 Å². The topological polar surface area (TPSA) is 64.6 Å².